The van der Waals surface area contributed by atoms with Gasteiger partial charge >= 0.3 is 6.03 Å². The van der Waals surface area contributed by atoms with Crippen molar-refractivity contribution in [1.82, 2.24) is 10.2 Å². The van der Waals surface area contributed by atoms with Crippen LogP contribution in [0.3, 0.4) is 0 Å². The fourth-order valence-corrected chi connectivity index (χ4v) is 3.13. The molecule has 0 aliphatic carbocycles. The molecule has 7 nitrogen and oxygen atoms in total. The third-order valence-electron chi connectivity index (χ3n) is 2.59. The van der Waals surface area contributed by atoms with E-state index in [0.29, 0.717) is 22.3 Å². The summed E-state index contributed by atoms with van der Waals surface area (Å²) in [4.78, 5) is 12.0. The molecule has 0 saturated carbocycles. The van der Waals surface area contributed by atoms with Gasteiger partial charge in [-0.25, -0.2) is 4.79 Å². The Bertz CT molecular complexity index is 690. The lowest BCUT2D eigenvalue weighted by atomic mass is 10.3. The molecular formula is C14H16N4O3S2. The number of thioether (sulfide) groups is 1. The Balaban J connectivity index is 1.96. The van der Waals surface area contributed by atoms with Gasteiger partial charge in [-0.2, -0.15) is 0 Å². The minimum Gasteiger partial charge on any atom is -0.493 e. The molecule has 2 amide bonds. The molecule has 122 valence electrons. The van der Waals surface area contributed by atoms with Crippen LogP contribution in [0.15, 0.2) is 35.2 Å². The molecule has 2 N–H and O–H groups in total. The number of rotatable bonds is 7. The number of benzene rings is 1. The third kappa shape index (κ3) is 4.86. The maximum atomic E-state index is 12.0. The van der Waals surface area contributed by atoms with Gasteiger partial charge < -0.3 is 14.8 Å². The molecule has 0 bridgehead atoms. The smallest absolute Gasteiger partial charge is 0.325 e. The van der Waals surface area contributed by atoms with Crippen LogP contribution < -0.4 is 20.1 Å². The number of nitrogens with one attached hydrogen (secondary N) is 2. The predicted molar refractivity (Wildman–Crippen MR) is 93.0 cm³/mol. The minimum atomic E-state index is -0.409. The third-order valence-corrected chi connectivity index (χ3v) is 4.56. The van der Waals surface area contributed by atoms with Gasteiger partial charge in [0.2, 0.25) is 5.13 Å². The maximum Gasteiger partial charge on any atom is 0.325 e. The quantitative estimate of drug-likeness (QED) is 0.451. The number of anilines is 2. The average Bonchev–Trinajstić information content (AvgIpc) is 2.99. The van der Waals surface area contributed by atoms with E-state index < -0.39 is 6.03 Å². The highest BCUT2D eigenvalue weighted by Gasteiger charge is 2.10. The van der Waals surface area contributed by atoms with Crippen LogP contribution in [0.25, 0.3) is 0 Å². The fraction of sp³-hybridized carbons (Fsp3) is 0.214. The van der Waals surface area contributed by atoms with Crippen LogP contribution in [0.1, 0.15) is 0 Å². The molecule has 0 fully saturated rings. The van der Waals surface area contributed by atoms with Crippen molar-refractivity contribution in [2.75, 3.05) is 30.6 Å². The molecule has 0 unspecified atom stereocenters. The van der Waals surface area contributed by atoms with Crippen molar-refractivity contribution >= 4 is 39.9 Å². The van der Waals surface area contributed by atoms with E-state index in [9.17, 15) is 4.79 Å². The van der Waals surface area contributed by atoms with Gasteiger partial charge in [-0.1, -0.05) is 29.2 Å². The SMILES string of the molecule is C=CCSc1nnc(NC(=O)Nc2ccc(OC)c(OC)c2)s1. The number of ether oxygens (including phenoxy) is 2. The summed E-state index contributed by atoms with van der Waals surface area (Å²) in [5, 5.41) is 13.6. The maximum absolute atomic E-state index is 12.0. The van der Waals surface area contributed by atoms with E-state index in [2.05, 4.69) is 27.4 Å². The molecule has 0 aliphatic heterocycles. The van der Waals surface area contributed by atoms with Crippen LogP contribution in [-0.4, -0.2) is 36.2 Å². The standard InChI is InChI=1S/C14H16N4O3S2/c1-4-7-22-14-18-17-13(23-14)16-12(19)15-9-5-6-10(20-2)11(8-9)21-3/h4-6,8H,1,7H2,2-3H3,(H2,15,16,17,19). The molecule has 0 atom stereocenters. The van der Waals surface area contributed by atoms with Gasteiger partial charge in [0.15, 0.2) is 15.8 Å². The summed E-state index contributed by atoms with van der Waals surface area (Å²) >= 11 is 2.81. The van der Waals surface area contributed by atoms with Gasteiger partial charge in [-0.3, -0.25) is 5.32 Å². The first-order chi connectivity index (χ1) is 11.2. The second kappa shape index (κ2) is 8.39. The van der Waals surface area contributed by atoms with E-state index in [1.807, 2.05) is 0 Å². The molecule has 0 saturated heterocycles. The number of urea groups is 1. The summed E-state index contributed by atoms with van der Waals surface area (Å²) in [5.74, 6) is 1.86. The van der Waals surface area contributed by atoms with E-state index in [-0.39, 0.29) is 0 Å². The number of nitrogens with zero attached hydrogens (tertiary/aromatic N) is 2. The van der Waals surface area contributed by atoms with Crippen LogP contribution >= 0.6 is 23.1 Å². The Kier molecular flexibility index (Phi) is 6.24. The Hall–Kier alpha value is -2.26. The lowest BCUT2D eigenvalue weighted by molar-refractivity contribution is 0.262. The van der Waals surface area contributed by atoms with Crippen LogP contribution in [0.2, 0.25) is 0 Å². The first-order valence-electron chi connectivity index (χ1n) is 6.53. The zero-order chi connectivity index (χ0) is 16.7. The number of hydrogen-bond acceptors (Lipinski definition) is 7. The molecule has 0 spiro atoms. The van der Waals surface area contributed by atoms with Crippen LogP contribution in [0.4, 0.5) is 15.6 Å². The molecule has 2 aromatic rings. The summed E-state index contributed by atoms with van der Waals surface area (Å²) in [6.07, 6.45) is 1.78. The fourth-order valence-electron chi connectivity index (χ4n) is 1.62. The van der Waals surface area contributed by atoms with Crippen molar-refractivity contribution in [2.45, 2.75) is 4.34 Å². The zero-order valence-electron chi connectivity index (χ0n) is 12.7. The number of carbonyl (C=O) groups excluding carboxylic acids is 1. The lowest BCUT2D eigenvalue weighted by Crippen LogP contribution is -2.19. The van der Waals surface area contributed by atoms with Gasteiger partial charge in [0, 0.05) is 17.5 Å². The first kappa shape index (κ1) is 17.1. The summed E-state index contributed by atoms with van der Waals surface area (Å²) < 4.78 is 11.1. The summed E-state index contributed by atoms with van der Waals surface area (Å²) in [6.45, 7) is 3.64. The van der Waals surface area contributed by atoms with Crippen molar-refractivity contribution in [3.05, 3.63) is 30.9 Å². The highest BCUT2D eigenvalue weighted by atomic mass is 32.2. The second-order valence-electron chi connectivity index (χ2n) is 4.12. The Morgan fingerprint density at radius 3 is 2.78 bits per heavy atom. The van der Waals surface area contributed by atoms with Crippen molar-refractivity contribution in [3.63, 3.8) is 0 Å². The van der Waals surface area contributed by atoms with Crippen molar-refractivity contribution < 1.29 is 14.3 Å². The molecule has 9 heteroatoms. The number of carbonyl (C=O) groups is 1. The van der Waals surface area contributed by atoms with Crippen molar-refractivity contribution in [2.24, 2.45) is 0 Å². The molecule has 23 heavy (non-hydrogen) atoms. The second-order valence-corrected chi connectivity index (χ2v) is 6.37. The Labute approximate surface area is 142 Å². The highest BCUT2D eigenvalue weighted by Crippen LogP contribution is 2.30. The predicted octanol–water partition coefficient (Wildman–Crippen LogP) is 3.48. The molecule has 2 rings (SSSR count). The van der Waals surface area contributed by atoms with E-state index >= 15 is 0 Å². The number of methoxy groups -OCH3 is 2. The summed E-state index contributed by atoms with van der Waals surface area (Å²) in [7, 11) is 3.08. The normalized spacial score (nSPS) is 10.0. The van der Waals surface area contributed by atoms with E-state index in [1.54, 1.807) is 31.4 Å². The van der Waals surface area contributed by atoms with Gasteiger partial charge in [-0.05, 0) is 12.1 Å². The van der Waals surface area contributed by atoms with Gasteiger partial charge in [-0.15, -0.1) is 16.8 Å². The number of aromatic nitrogens is 2. The monoisotopic (exact) mass is 352 g/mol. The molecule has 1 aromatic carbocycles. The zero-order valence-corrected chi connectivity index (χ0v) is 14.3. The van der Waals surface area contributed by atoms with Gasteiger partial charge in [0.25, 0.3) is 0 Å². The van der Waals surface area contributed by atoms with Crippen molar-refractivity contribution in [3.8, 4) is 11.5 Å². The number of amides is 2. The molecular weight excluding hydrogens is 336 g/mol. The molecule has 1 aromatic heterocycles. The molecule has 0 radical (unpaired) electrons. The number of hydrogen-bond donors (Lipinski definition) is 2. The van der Waals surface area contributed by atoms with Gasteiger partial charge in [0.1, 0.15) is 0 Å². The van der Waals surface area contributed by atoms with Crippen LogP contribution in [0.5, 0.6) is 11.5 Å². The van der Waals surface area contributed by atoms with E-state index in [1.165, 1.54) is 30.2 Å². The Morgan fingerprint density at radius 2 is 2.09 bits per heavy atom. The van der Waals surface area contributed by atoms with Crippen LogP contribution in [0, 0.1) is 0 Å². The molecule has 1 heterocycles. The summed E-state index contributed by atoms with van der Waals surface area (Å²) in [5.41, 5.74) is 0.575. The van der Waals surface area contributed by atoms with Crippen molar-refractivity contribution in [1.29, 1.82) is 0 Å². The molecule has 0 aliphatic rings. The average molecular weight is 352 g/mol. The Morgan fingerprint density at radius 1 is 1.30 bits per heavy atom. The lowest BCUT2D eigenvalue weighted by Gasteiger charge is -2.10. The van der Waals surface area contributed by atoms with E-state index in [4.69, 9.17) is 9.47 Å². The largest absolute Gasteiger partial charge is 0.493 e. The van der Waals surface area contributed by atoms with E-state index in [0.717, 1.165) is 10.1 Å². The van der Waals surface area contributed by atoms with Gasteiger partial charge in [0.05, 0.1) is 14.2 Å². The van der Waals surface area contributed by atoms with Crippen LogP contribution in [-0.2, 0) is 0 Å². The summed E-state index contributed by atoms with van der Waals surface area (Å²) in [6, 6.07) is 4.69. The topological polar surface area (TPSA) is 85.4 Å². The first-order valence-corrected chi connectivity index (χ1v) is 8.33. The highest BCUT2D eigenvalue weighted by molar-refractivity contribution is 8.01. The minimum absolute atomic E-state index is 0.409.